The summed E-state index contributed by atoms with van der Waals surface area (Å²) in [4.78, 5) is 23.0. The summed E-state index contributed by atoms with van der Waals surface area (Å²) in [6.07, 6.45) is 1.53. The number of ketones is 1. The molecule has 1 fully saturated rings. The van der Waals surface area contributed by atoms with Crippen molar-refractivity contribution in [1.29, 1.82) is 0 Å². The van der Waals surface area contributed by atoms with Gasteiger partial charge in [-0.1, -0.05) is 0 Å². The molecule has 0 unspecified atom stereocenters. The second-order valence-electron chi connectivity index (χ2n) is 6.33. The van der Waals surface area contributed by atoms with Crippen molar-refractivity contribution in [2.75, 3.05) is 7.11 Å². The van der Waals surface area contributed by atoms with Crippen LogP contribution in [0.15, 0.2) is 16.7 Å². The van der Waals surface area contributed by atoms with Gasteiger partial charge in [-0.25, -0.2) is 0 Å². The van der Waals surface area contributed by atoms with Crippen LogP contribution in [0.3, 0.4) is 0 Å². The average Bonchev–Trinajstić information content (AvgIpc) is 2.99. The molecule has 0 amide bonds. The number of methoxy groups -OCH3 is 1. The van der Waals surface area contributed by atoms with Crippen molar-refractivity contribution in [2.24, 2.45) is 0 Å². The second-order valence-corrected chi connectivity index (χ2v) is 6.33. The highest BCUT2D eigenvalue weighted by Gasteiger charge is 2.52. The molecule has 2 rings (SSSR count). The van der Waals surface area contributed by atoms with Crippen LogP contribution in [0.25, 0.3) is 0 Å². The largest absolute Gasteiger partial charge is 0.498 e. The molecule has 120 valence electrons. The number of carbonyl (C=O) groups is 2. The van der Waals surface area contributed by atoms with Gasteiger partial charge in [0.05, 0.1) is 31.0 Å². The van der Waals surface area contributed by atoms with Gasteiger partial charge >= 0.3 is 13.1 Å². The number of hydrogen-bond acceptors (Lipinski definition) is 6. The standard InChI is InChI=1S/C15H21BO6/c1-14(2)15(3,4)22-16(21-14)10-8-12(20-9-10)11(17)6-7-13(18)19-5/h8-9H,6-7H2,1-5H3. The summed E-state index contributed by atoms with van der Waals surface area (Å²) in [6.45, 7) is 7.82. The van der Waals surface area contributed by atoms with Crippen LogP contribution in [0.2, 0.25) is 0 Å². The molecule has 0 spiro atoms. The van der Waals surface area contributed by atoms with E-state index in [1.165, 1.54) is 13.4 Å². The molecule has 1 aliphatic rings. The lowest BCUT2D eigenvalue weighted by molar-refractivity contribution is -0.140. The molecule has 0 aromatic carbocycles. The van der Waals surface area contributed by atoms with Crippen molar-refractivity contribution in [2.45, 2.75) is 51.7 Å². The van der Waals surface area contributed by atoms with Crippen LogP contribution in [0, 0.1) is 0 Å². The first-order valence-corrected chi connectivity index (χ1v) is 7.20. The van der Waals surface area contributed by atoms with E-state index in [1.54, 1.807) is 6.07 Å². The first-order chi connectivity index (χ1) is 10.2. The summed E-state index contributed by atoms with van der Waals surface area (Å²) < 4.78 is 21.6. The number of rotatable bonds is 5. The van der Waals surface area contributed by atoms with Gasteiger partial charge in [0.15, 0.2) is 11.5 Å². The first-order valence-electron chi connectivity index (χ1n) is 7.20. The van der Waals surface area contributed by atoms with E-state index in [1.807, 2.05) is 27.7 Å². The molecule has 2 heterocycles. The SMILES string of the molecule is COC(=O)CCC(=O)c1cc(B2OC(C)(C)C(C)(C)O2)co1. The Balaban J connectivity index is 2.03. The Morgan fingerprint density at radius 2 is 1.73 bits per heavy atom. The third-order valence-electron chi connectivity index (χ3n) is 4.20. The Morgan fingerprint density at radius 1 is 1.14 bits per heavy atom. The molecular formula is C15H21BO6. The normalized spacial score (nSPS) is 19.2. The number of esters is 1. The molecule has 0 bridgehead atoms. The zero-order valence-corrected chi connectivity index (χ0v) is 13.6. The highest BCUT2D eigenvalue weighted by atomic mass is 16.7. The van der Waals surface area contributed by atoms with Gasteiger partial charge in [-0.05, 0) is 33.8 Å². The second kappa shape index (κ2) is 5.89. The summed E-state index contributed by atoms with van der Waals surface area (Å²) in [5, 5.41) is 0. The molecule has 1 saturated heterocycles. The van der Waals surface area contributed by atoms with Gasteiger partial charge < -0.3 is 18.5 Å². The van der Waals surface area contributed by atoms with Crippen LogP contribution in [-0.4, -0.2) is 37.2 Å². The third-order valence-corrected chi connectivity index (χ3v) is 4.20. The zero-order valence-electron chi connectivity index (χ0n) is 13.6. The lowest BCUT2D eigenvalue weighted by Crippen LogP contribution is -2.41. The number of furan rings is 1. The van der Waals surface area contributed by atoms with Gasteiger partial charge in [-0.15, -0.1) is 0 Å². The Bertz CT molecular complexity index is 558. The number of ether oxygens (including phenoxy) is 1. The van der Waals surface area contributed by atoms with Crippen molar-refractivity contribution in [3.05, 3.63) is 18.1 Å². The summed E-state index contributed by atoms with van der Waals surface area (Å²) in [7, 11) is 0.715. The topological polar surface area (TPSA) is 75.0 Å². The molecule has 0 radical (unpaired) electrons. The summed E-state index contributed by atoms with van der Waals surface area (Å²) in [5.74, 6) is -0.493. The van der Waals surface area contributed by atoms with Gasteiger partial charge in [0, 0.05) is 11.9 Å². The molecule has 0 aliphatic carbocycles. The molecule has 0 N–H and O–H groups in total. The highest BCUT2D eigenvalue weighted by molar-refractivity contribution is 6.62. The smallest absolute Gasteiger partial charge is 0.469 e. The van der Waals surface area contributed by atoms with Gasteiger partial charge in [-0.2, -0.15) is 0 Å². The fourth-order valence-corrected chi connectivity index (χ4v) is 2.04. The molecule has 1 aromatic rings. The third kappa shape index (κ3) is 3.25. The van der Waals surface area contributed by atoms with Crippen molar-refractivity contribution >= 4 is 24.3 Å². The molecule has 1 aliphatic heterocycles. The van der Waals surface area contributed by atoms with Gasteiger partial charge in [0.25, 0.3) is 0 Å². The predicted molar refractivity (Wildman–Crippen MR) is 80.0 cm³/mol. The minimum Gasteiger partial charge on any atom is -0.469 e. The van der Waals surface area contributed by atoms with E-state index in [4.69, 9.17) is 13.7 Å². The molecule has 1 aromatic heterocycles. The fraction of sp³-hybridized carbons (Fsp3) is 0.600. The molecule has 0 atom stereocenters. The van der Waals surface area contributed by atoms with Crippen LogP contribution >= 0.6 is 0 Å². The van der Waals surface area contributed by atoms with E-state index in [0.29, 0.717) is 5.46 Å². The van der Waals surface area contributed by atoms with Crippen molar-refractivity contribution in [3.63, 3.8) is 0 Å². The number of carbonyl (C=O) groups excluding carboxylic acids is 2. The lowest BCUT2D eigenvalue weighted by Gasteiger charge is -2.32. The fourth-order valence-electron chi connectivity index (χ4n) is 2.04. The van der Waals surface area contributed by atoms with E-state index < -0.39 is 24.3 Å². The van der Waals surface area contributed by atoms with Crippen LogP contribution in [0.1, 0.15) is 51.1 Å². The monoisotopic (exact) mass is 308 g/mol. The van der Waals surface area contributed by atoms with Crippen molar-refractivity contribution in [3.8, 4) is 0 Å². The van der Waals surface area contributed by atoms with Gasteiger partial charge in [-0.3, -0.25) is 9.59 Å². The van der Waals surface area contributed by atoms with Crippen LogP contribution in [0.4, 0.5) is 0 Å². The number of hydrogen-bond donors (Lipinski definition) is 0. The van der Waals surface area contributed by atoms with Crippen molar-refractivity contribution in [1.82, 2.24) is 0 Å². The maximum Gasteiger partial charge on any atom is 0.498 e. The van der Waals surface area contributed by atoms with Crippen LogP contribution < -0.4 is 5.46 Å². The van der Waals surface area contributed by atoms with E-state index in [2.05, 4.69) is 4.74 Å². The molecule has 7 heteroatoms. The molecule has 22 heavy (non-hydrogen) atoms. The Labute approximate surface area is 130 Å². The Hall–Kier alpha value is -1.60. The summed E-state index contributed by atoms with van der Waals surface area (Å²) in [6, 6.07) is 1.60. The maximum absolute atomic E-state index is 12.0. The minimum absolute atomic E-state index is 0.0296. The average molecular weight is 308 g/mol. The Kier molecular flexibility index (Phi) is 4.49. The van der Waals surface area contributed by atoms with Gasteiger partial charge in [0.2, 0.25) is 0 Å². The van der Waals surface area contributed by atoms with E-state index in [0.717, 1.165) is 0 Å². The highest BCUT2D eigenvalue weighted by Crippen LogP contribution is 2.36. The molecule has 0 saturated carbocycles. The zero-order chi connectivity index (χ0) is 16.5. The summed E-state index contributed by atoms with van der Waals surface area (Å²) >= 11 is 0. The maximum atomic E-state index is 12.0. The Morgan fingerprint density at radius 3 is 2.27 bits per heavy atom. The van der Waals surface area contributed by atoms with Crippen LogP contribution in [-0.2, 0) is 18.8 Å². The predicted octanol–water partition coefficient (Wildman–Crippen LogP) is 1.71. The van der Waals surface area contributed by atoms with E-state index >= 15 is 0 Å². The van der Waals surface area contributed by atoms with Crippen LogP contribution in [0.5, 0.6) is 0 Å². The minimum atomic E-state index is -0.573. The first kappa shape index (κ1) is 16.8. The van der Waals surface area contributed by atoms with Crippen molar-refractivity contribution < 1.29 is 28.1 Å². The molecular weight excluding hydrogens is 287 g/mol. The number of Topliss-reactive ketones (excluding diaryl/α,β-unsaturated/α-hetero) is 1. The quantitative estimate of drug-likeness (QED) is 0.468. The summed E-state index contributed by atoms with van der Waals surface area (Å²) in [5.41, 5.74) is -0.256. The molecule has 6 nitrogen and oxygen atoms in total. The lowest BCUT2D eigenvalue weighted by atomic mass is 9.81. The van der Waals surface area contributed by atoms with E-state index in [-0.39, 0.29) is 24.4 Å². The van der Waals surface area contributed by atoms with Gasteiger partial charge in [0.1, 0.15) is 0 Å². The van der Waals surface area contributed by atoms with E-state index in [9.17, 15) is 9.59 Å².